The zero-order chi connectivity index (χ0) is 41.9. The van der Waals surface area contributed by atoms with Crippen molar-refractivity contribution >= 4 is 30.9 Å². The van der Waals surface area contributed by atoms with Crippen LogP contribution in [0.5, 0.6) is 0 Å². The number of unbranched alkanes of at least 4 members (excludes halogenated alkanes) is 11. The molecule has 0 heterocycles. The normalized spacial score (nSPS) is 15.8. The molecular weight excluding hydrogens is 717 g/mol. The molecule has 0 aliphatic heterocycles. The molecular formula is C46H94O5Si3. The summed E-state index contributed by atoms with van der Waals surface area (Å²) in [4.78, 5) is 12.4. The van der Waals surface area contributed by atoms with Crippen LogP contribution in [0.2, 0.25) is 54.4 Å². The molecule has 0 amide bonds. The smallest absolute Gasteiger partial charge is 0.330 e. The maximum Gasteiger partial charge on any atom is 0.330 e. The molecule has 0 bridgehead atoms. The third kappa shape index (κ3) is 21.9. The van der Waals surface area contributed by atoms with Crippen LogP contribution in [-0.4, -0.2) is 55.3 Å². The highest BCUT2D eigenvalue weighted by Crippen LogP contribution is 2.42. The van der Waals surface area contributed by atoms with Crippen LogP contribution in [0.1, 0.15) is 185 Å². The SMILES string of the molecule is C=CC[C@H](C[C@H](C[C@H](CC[C@H](CCCCCCCCCCCCCC)O[Si](C)(C)C(C)(C)C)O[Si](C)(C)C(C)(C)C)O[Si](C)(C)C(C)(C)C)OC(=O)C=C. The van der Waals surface area contributed by atoms with E-state index in [4.69, 9.17) is 18.0 Å². The first kappa shape index (κ1) is 53.5. The molecule has 0 radical (unpaired) electrons. The zero-order valence-corrected chi connectivity index (χ0v) is 42.1. The zero-order valence-electron chi connectivity index (χ0n) is 39.1. The summed E-state index contributed by atoms with van der Waals surface area (Å²) < 4.78 is 27.6. The Morgan fingerprint density at radius 2 is 0.870 bits per heavy atom. The molecule has 0 unspecified atom stereocenters. The Hall–Kier alpha value is -0.519. The van der Waals surface area contributed by atoms with Gasteiger partial charge in [0.25, 0.3) is 0 Å². The van der Waals surface area contributed by atoms with Gasteiger partial charge >= 0.3 is 5.97 Å². The van der Waals surface area contributed by atoms with E-state index in [1.807, 2.05) is 6.08 Å². The molecule has 0 saturated carbocycles. The van der Waals surface area contributed by atoms with Gasteiger partial charge in [-0.25, -0.2) is 4.79 Å². The second kappa shape index (κ2) is 25.1. The molecule has 0 aliphatic rings. The third-order valence-electron chi connectivity index (χ3n) is 12.9. The second-order valence-corrected chi connectivity index (χ2v) is 35.3. The number of carbonyl (C=O) groups excluding carboxylic acids is 1. The average Bonchev–Trinajstić information content (AvgIpc) is 3.01. The quantitative estimate of drug-likeness (QED) is 0.0238. The predicted octanol–water partition coefficient (Wildman–Crippen LogP) is 15.5. The summed E-state index contributed by atoms with van der Waals surface area (Å²) >= 11 is 0. The lowest BCUT2D eigenvalue weighted by molar-refractivity contribution is -0.144. The fourth-order valence-electron chi connectivity index (χ4n) is 6.22. The van der Waals surface area contributed by atoms with Crippen LogP contribution in [0, 0.1) is 0 Å². The fraction of sp³-hybridized carbons (Fsp3) is 0.891. The predicted molar refractivity (Wildman–Crippen MR) is 245 cm³/mol. The molecule has 0 aromatic heterocycles. The first-order chi connectivity index (χ1) is 24.7. The summed E-state index contributed by atoms with van der Waals surface area (Å²) in [5.74, 6) is -0.398. The van der Waals surface area contributed by atoms with Gasteiger partial charge in [0.15, 0.2) is 25.0 Å². The fourth-order valence-corrected chi connectivity index (χ4v) is 10.4. The van der Waals surface area contributed by atoms with Crippen molar-refractivity contribution in [2.45, 2.75) is 264 Å². The maximum atomic E-state index is 12.4. The van der Waals surface area contributed by atoms with Gasteiger partial charge in [0.05, 0.1) is 6.10 Å². The summed E-state index contributed by atoms with van der Waals surface area (Å²) in [6.45, 7) is 45.0. The largest absolute Gasteiger partial charge is 0.459 e. The van der Waals surface area contributed by atoms with Gasteiger partial charge in [0.2, 0.25) is 0 Å². The Balaban J connectivity index is 6.18. The van der Waals surface area contributed by atoms with Crippen molar-refractivity contribution in [1.29, 1.82) is 0 Å². The van der Waals surface area contributed by atoms with Crippen LogP contribution >= 0.6 is 0 Å². The van der Waals surface area contributed by atoms with Crippen molar-refractivity contribution in [2.75, 3.05) is 0 Å². The van der Waals surface area contributed by atoms with Crippen molar-refractivity contribution in [3.8, 4) is 0 Å². The molecule has 0 saturated heterocycles. The van der Waals surface area contributed by atoms with E-state index in [0.29, 0.717) is 12.8 Å². The maximum absolute atomic E-state index is 12.4. The van der Waals surface area contributed by atoms with Crippen LogP contribution in [-0.2, 0) is 22.8 Å². The Labute approximate surface area is 341 Å². The van der Waals surface area contributed by atoms with Crippen LogP contribution < -0.4 is 0 Å². The number of hydrogen-bond acceptors (Lipinski definition) is 5. The van der Waals surface area contributed by atoms with Crippen LogP contribution in [0.25, 0.3) is 0 Å². The lowest BCUT2D eigenvalue weighted by Gasteiger charge is -2.43. The molecule has 320 valence electrons. The van der Waals surface area contributed by atoms with E-state index >= 15 is 0 Å². The highest BCUT2D eigenvalue weighted by molar-refractivity contribution is 6.75. The molecule has 8 heteroatoms. The molecule has 0 aliphatic carbocycles. The van der Waals surface area contributed by atoms with Crippen molar-refractivity contribution in [3.63, 3.8) is 0 Å². The van der Waals surface area contributed by atoms with Crippen LogP contribution in [0.3, 0.4) is 0 Å². The summed E-state index contributed by atoms with van der Waals surface area (Å²) in [5, 5.41) is 0.283. The Bertz CT molecular complexity index is 1030. The summed E-state index contributed by atoms with van der Waals surface area (Å²) in [5.41, 5.74) is 0. The molecule has 0 aromatic rings. The second-order valence-electron chi connectivity index (χ2n) is 21.0. The molecule has 0 fully saturated rings. The number of ether oxygens (including phenoxy) is 1. The van der Waals surface area contributed by atoms with E-state index < -0.39 is 30.9 Å². The van der Waals surface area contributed by atoms with Gasteiger partial charge in [-0.15, -0.1) is 6.58 Å². The standard InChI is InChI=1S/C46H94O5Si3/c1-19-22-23-24-25-26-27-28-29-30-31-32-34-39(49-52(13,14)44(4,5)6)35-36-41(50-53(15,16)45(7,8)9)38-42(51-54(17,18)46(10,11)12)37-40(33-20-2)48-43(47)21-3/h20-21,39-42H,2-3,19,22-38H2,1,4-18H3/t39-,40+,41-,42+/m0/s1. The Morgan fingerprint density at radius 1 is 0.519 bits per heavy atom. The Kier molecular flexibility index (Phi) is 24.8. The molecule has 0 rings (SSSR count). The first-order valence-electron chi connectivity index (χ1n) is 22.2. The molecule has 0 N–H and O–H groups in total. The number of esters is 1. The topological polar surface area (TPSA) is 54.0 Å². The molecule has 0 aromatic carbocycles. The van der Waals surface area contributed by atoms with E-state index in [1.165, 1.54) is 83.1 Å². The molecule has 0 spiro atoms. The monoisotopic (exact) mass is 811 g/mol. The summed E-state index contributed by atoms with van der Waals surface area (Å²) in [6.07, 6.45) is 24.2. The molecule has 5 nitrogen and oxygen atoms in total. The third-order valence-corrected chi connectivity index (χ3v) is 26.5. The van der Waals surface area contributed by atoms with Crippen molar-refractivity contribution in [2.24, 2.45) is 0 Å². The minimum Gasteiger partial charge on any atom is -0.459 e. The van der Waals surface area contributed by atoms with Gasteiger partial charge in [-0.05, 0) is 80.1 Å². The lowest BCUT2D eigenvalue weighted by atomic mass is 9.98. The van der Waals surface area contributed by atoms with Gasteiger partial charge in [0, 0.05) is 31.1 Å². The average molecular weight is 812 g/mol. The highest BCUT2D eigenvalue weighted by Gasteiger charge is 2.43. The minimum absolute atomic E-state index is 0.0210. The number of hydrogen-bond donors (Lipinski definition) is 0. The van der Waals surface area contributed by atoms with Gasteiger partial charge in [-0.1, -0.05) is 159 Å². The van der Waals surface area contributed by atoms with E-state index in [9.17, 15) is 4.79 Å². The van der Waals surface area contributed by atoms with Crippen molar-refractivity contribution in [3.05, 3.63) is 25.3 Å². The first-order valence-corrected chi connectivity index (χ1v) is 30.9. The van der Waals surface area contributed by atoms with E-state index in [2.05, 4.69) is 122 Å². The van der Waals surface area contributed by atoms with Gasteiger partial charge in [-0.3, -0.25) is 0 Å². The molecule has 54 heavy (non-hydrogen) atoms. The summed E-state index contributed by atoms with van der Waals surface area (Å²) in [7, 11) is -6.25. The van der Waals surface area contributed by atoms with Crippen molar-refractivity contribution < 1.29 is 22.8 Å². The van der Waals surface area contributed by atoms with Crippen LogP contribution in [0.4, 0.5) is 0 Å². The number of rotatable bonds is 30. The van der Waals surface area contributed by atoms with E-state index in [1.54, 1.807) is 0 Å². The van der Waals surface area contributed by atoms with Crippen LogP contribution in [0.15, 0.2) is 25.3 Å². The highest BCUT2D eigenvalue weighted by atomic mass is 28.4. The van der Waals surface area contributed by atoms with E-state index in [0.717, 1.165) is 25.7 Å². The number of carbonyl (C=O) groups is 1. The lowest BCUT2D eigenvalue weighted by Crippen LogP contribution is -2.48. The minimum atomic E-state index is -2.16. The molecule has 4 atom stereocenters. The summed E-state index contributed by atoms with van der Waals surface area (Å²) in [6, 6.07) is 0. The van der Waals surface area contributed by atoms with Gasteiger partial charge in [-0.2, -0.15) is 0 Å². The Morgan fingerprint density at radius 3 is 1.26 bits per heavy atom. The van der Waals surface area contributed by atoms with Gasteiger partial charge in [0.1, 0.15) is 6.10 Å². The van der Waals surface area contributed by atoms with Crippen molar-refractivity contribution in [1.82, 2.24) is 0 Å². The van der Waals surface area contributed by atoms with E-state index in [-0.39, 0.29) is 39.5 Å². The van der Waals surface area contributed by atoms with Gasteiger partial charge < -0.3 is 18.0 Å².